The number of halogens is 3. The zero-order valence-electron chi connectivity index (χ0n) is 14.5. The summed E-state index contributed by atoms with van der Waals surface area (Å²) in [5.74, 6) is -0.0877. The van der Waals surface area contributed by atoms with Crippen molar-refractivity contribution in [1.29, 1.82) is 0 Å². The number of alkyl halides is 3. The first kappa shape index (κ1) is 19.2. The molecule has 144 valence electrons. The minimum atomic E-state index is -4.52. The Labute approximate surface area is 153 Å². The van der Waals surface area contributed by atoms with Crippen LogP contribution in [0.25, 0.3) is 0 Å². The lowest BCUT2D eigenvalue weighted by Gasteiger charge is -2.31. The molecule has 1 N–H and O–H groups in total. The van der Waals surface area contributed by atoms with Crippen LogP contribution in [-0.4, -0.2) is 53.6 Å². The SMILES string of the molecule is CC1(C)C(c2ccc(C(=O)N3CCCC(CO)C3)s2)=NOC1C(F)(F)F. The van der Waals surface area contributed by atoms with E-state index in [1.807, 2.05) is 0 Å². The molecule has 9 heteroatoms. The van der Waals surface area contributed by atoms with Crippen LogP contribution in [0.15, 0.2) is 17.3 Å². The Morgan fingerprint density at radius 3 is 2.81 bits per heavy atom. The molecule has 5 nitrogen and oxygen atoms in total. The Bertz CT molecular complexity index is 714. The van der Waals surface area contributed by atoms with Crippen LogP contribution in [0.5, 0.6) is 0 Å². The van der Waals surface area contributed by atoms with E-state index in [2.05, 4.69) is 9.99 Å². The molecule has 0 saturated carbocycles. The lowest BCUT2D eigenvalue weighted by molar-refractivity contribution is -0.232. The normalized spacial score (nSPS) is 25.8. The van der Waals surface area contributed by atoms with Gasteiger partial charge in [-0.1, -0.05) is 19.0 Å². The lowest BCUT2D eigenvalue weighted by Crippen LogP contribution is -2.43. The van der Waals surface area contributed by atoms with Crippen LogP contribution in [0.3, 0.4) is 0 Å². The van der Waals surface area contributed by atoms with Crippen LogP contribution in [0.1, 0.15) is 41.2 Å². The van der Waals surface area contributed by atoms with E-state index in [1.165, 1.54) is 13.8 Å². The van der Waals surface area contributed by atoms with Gasteiger partial charge in [0.2, 0.25) is 6.10 Å². The second-order valence-electron chi connectivity index (χ2n) is 7.29. The van der Waals surface area contributed by atoms with E-state index in [0.717, 1.165) is 24.2 Å². The maximum atomic E-state index is 13.1. The number of hydrogen-bond donors (Lipinski definition) is 1. The standard InChI is InChI=1S/C17H21F3N2O3S/c1-16(2)13(21-25-15(16)17(18,19)20)11-5-6-12(26-11)14(24)22-7-3-4-10(8-22)9-23/h5-6,10,15,23H,3-4,7-9H2,1-2H3. The number of piperidine rings is 1. The number of thiophene rings is 1. The molecule has 1 saturated heterocycles. The van der Waals surface area contributed by atoms with E-state index >= 15 is 0 Å². The monoisotopic (exact) mass is 390 g/mol. The van der Waals surface area contributed by atoms with Crippen molar-refractivity contribution in [2.45, 2.75) is 39.0 Å². The molecule has 0 aromatic carbocycles. The molecule has 1 aromatic rings. The summed E-state index contributed by atoms with van der Waals surface area (Å²) in [6, 6.07) is 3.23. The summed E-state index contributed by atoms with van der Waals surface area (Å²) in [5, 5.41) is 13.0. The summed E-state index contributed by atoms with van der Waals surface area (Å²) in [6.07, 6.45) is -4.80. The average Bonchev–Trinajstić information content (AvgIpc) is 3.17. The van der Waals surface area contributed by atoms with Gasteiger partial charge in [0.25, 0.3) is 5.91 Å². The van der Waals surface area contributed by atoms with Crippen molar-refractivity contribution < 1.29 is 27.9 Å². The fourth-order valence-electron chi connectivity index (χ4n) is 3.44. The maximum Gasteiger partial charge on any atom is 0.429 e. The van der Waals surface area contributed by atoms with Crippen LogP contribution < -0.4 is 0 Å². The predicted molar refractivity (Wildman–Crippen MR) is 91.3 cm³/mol. The molecule has 2 aliphatic heterocycles. The highest BCUT2D eigenvalue weighted by molar-refractivity contribution is 7.16. The van der Waals surface area contributed by atoms with Crippen LogP contribution in [-0.2, 0) is 4.84 Å². The highest BCUT2D eigenvalue weighted by Gasteiger charge is 2.57. The van der Waals surface area contributed by atoms with E-state index in [-0.39, 0.29) is 24.1 Å². The first-order valence-corrected chi connectivity index (χ1v) is 9.27. The van der Waals surface area contributed by atoms with Crippen molar-refractivity contribution >= 4 is 23.0 Å². The van der Waals surface area contributed by atoms with Gasteiger partial charge in [-0.3, -0.25) is 4.79 Å². The van der Waals surface area contributed by atoms with E-state index < -0.39 is 17.7 Å². The summed E-state index contributed by atoms with van der Waals surface area (Å²) in [6.45, 7) is 4.03. The van der Waals surface area contributed by atoms with Gasteiger partial charge in [-0.05, 0) is 30.9 Å². The molecular weight excluding hydrogens is 369 g/mol. The van der Waals surface area contributed by atoms with E-state index in [4.69, 9.17) is 0 Å². The topological polar surface area (TPSA) is 62.1 Å². The Balaban J connectivity index is 1.77. The first-order valence-electron chi connectivity index (χ1n) is 8.46. The summed E-state index contributed by atoms with van der Waals surface area (Å²) >= 11 is 1.12. The van der Waals surface area contributed by atoms with E-state index in [9.17, 15) is 23.1 Å². The second-order valence-corrected chi connectivity index (χ2v) is 8.38. The number of carbonyl (C=O) groups excluding carboxylic acids is 1. The Morgan fingerprint density at radius 2 is 2.19 bits per heavy atom. The zero-order valence-corrected chi connectivity index (χ0v) is 15.4. The van der Waals surface area contributed by atoms with Gasteiger partial charge in [-0.25, -0.2) is 0 Å². The molecule has 1 fully saturated rings. The number of hydrogen-bond acceptors (Lipinski definition) is 5. The van der Waals surface area contributed by atoms with Crippen LogP contribution in [0, 0.1) is 11.3 Å². The highest BCUT2D eigenvalue weighted by atomic mass is 32.1. The lowest BCUT2D eigenvalue weighted by atomic mass is 9.81. The minimum absolute atomic E-state index is 0.0423. The van der Waals surface area contributed by atoms with Crippen molar-refractivity contribution in [2.24, 2.45) is 16.5 Å². The average molecular weight is 390 g/mol. The van der Waals surface area contributed by atoms with Gasteiger partial charge in [-0.15, -0.1) is 11.3 Å². The highest BCUT2D eigenvalue weighted by Crippen LogP contribution is 2.44. The molecule has 3 heterocycles. The second kappa shape index (κ2) is 6.84. The van der Waals surface area contributed by atoms with Crippen molar-refractivity contribution in [3.8, 4) is 0 Å². The summed E-state index contributed by atoms with van der Waals surface area (Å²) in [7, 11) is 0. The van der Waals surface area contributed by atoms with Crippen molar-refractivity contribution in [1.82, 2.24) is 4.90 Å². The molecule has 26 heavy (non-hydrogen) atoms. The number of likely N-dealkylation sites (tertiary alicyclic amines) is 1. The third-order valence-corrected chi connectivity index (χ3v) is 6.01. The molecule has 1 aromatic heterocycles. The van der Waals surface area contributed by atoms with Gasteiger partial charge in [0, 0.05) is 19.7 Å². The third-order valence-electron chi connectivity index (χ3n) is 4.93. The molecule has 2 atom stereocenters. The summed E-state index contributed by atoms with van der Waals surface area (Å²) < 4.78 is 39.3. The number of amides is 1. The molecule has 3 rings (SSSR count). The van der Waals surface area contributed by atoms with Gasteiger partial charge < -0.3 is 14.8 Å². The van der Waals surface area contributed by atoms with Gasteiger partial charge in [0.15, 0.2) is 0 Å². The van der Waals surface area contributed by atoms with E-state index in [1.54, 1.807) is 17.0 Å². The van der Waals surface area contributed by atoms with Gasteiger partial charge in [-0.2, -0.15) is 13.2 Å². The molecule has 2 aliphatic rings. The van der Waals surface area contributed by atoms with E-state index in [0.29, 0.717) is 22.8 Å². The van der Waals surface area contributed by atoms with Gasteiger partial charge >= 0.3 is 6.18 Å². The number of aliphatic hydroxyl groups is 1. The van der Waals surface area contributed by atoms with Gasteiger partial charge in [0.1, 0.15) is 5.71 Å². The predicted octanol–water partition coefficient (Wildman–Crippen LogP) is 3.28. The third kappa shape index (κ3) is 3.46. The maximum absolute atomic E-state index is 13.1. The fourth-order valence-corrected chi connectivity index (χ4v) is 4.57. The van der Waals surface area contributed by atoms with Gasteiger partial charge in [0.05, 0.1) is 15.2 Å². The molecular formula is C17H21F3N2O3S. The summed E-state index contributed by atoms with van der Waals surface area (Å²) in [4.78, 5) is 20.0. The fraction of sp³-hybridized carbons (Fsp3) is 0.647. The molecule has 0 spiro atoms. The molecule has 0 bridgehead atoms. The summed E-state index contributed by atoms with van der Waals surface area (Å²) in [5.41, 5.74) is -1.13. The Morgan fingerprint density at radius 1 is 1.46 bits per heavy atom. The largest absolute Gasteiger partial charge is 0.429 e. The molecule has 2 unspecified atom stereocenters. The smallest absolute Gasteiger partial charge is 0.396 e. The Kier molecular flexibility index (Phi) is 5.04. The zero-order chi connectivity index (χ0) is 19.1. The van der Waals surface area contributed by atoms with Crippen molar-refractivity contribution in [2.75, 3.05) is 19.7 Å². The van der Waals surface area contributed by atoms with Crippen LogP contribution in [0.4, 0.5) is 13.2 Å². The molecule has 1 amide bonds. The Hall–Kier alpha value is -1.61. The quantitative estimate of drug-likeness (QED) is 0.862. The number of carbonyl (C=O) groups is 1. The number of nitrogens with zero attached hydrogens (tertiary/aromatic N) is 2. The van der Waals surface area contributed by atoms with Crippen LogP contribution >= 0.6 is 11.3 Å². The van der Waals surface area contributed by atoms with Crippen molar-refractivity contribution in [3.05, 3.63) is 21.9 Å². The van der Waals surface area contributed by atoms with Crippen molar-refractivity contribution in [3.63, 3.8) is 0 Å². The first-order chi connectivity index (χ1) is 12.1. The number of rotatable bonds is 3. The number of aliphatic hydroxyl groups excluding tert-OH is 1. The molecule has 0 aliphatic carbocycles. The molecule has 0 radical (unpaired) electrons. The minimum Gasteiger partial charge on any atom is -0.396 e. The number of oxime groups is 1. The van der Waals surface area contributed by atoms with Crippen LogP contribution in [0.2, 0.25) is 0 Å².